The van der Waals surface area contributed by atoms with Gasteiger partial charge in [0.2, 0.25) is 0 Å². The largest absolute Gasteiger partial charge is 0.493 e. The lowest BCUT2D eigenvalue weighted by molar-refractivity contribution is 0.356. The molecule has 7 heteroatoms. The normalized spacial score (nSPS) is 11.3. The number of methoxy groups -OCH3 is 2. The van der Waals surface area contributed by atoms with Gasteiger partial charge in [-0.05, 0) is 24.3 Å². The first-order valence-electron chi connectivity index (χ1n) is 7.15. The zero-order chi connectivity index (χ0) is 16.8. The van der Waals surface area contributed by atoms with Crippen molar-refractivity contribution in [1.82, 2.24) is 14.4 Å². The van der Waals surface area contributed by atoms with Crippen LogP contribution in [0.3, 0.4) is 0 Å². The van der Waals surface area contributed by atoms with Gasteiger partial charge in [0.25, 0.3) is 5.56 Å². The third-order valence-electron chi connectivity index (χ3n) is 3.94. The summed E-state index contributed by atoms with van der Waals surface area (Å²) in [7, 11) is 3.12. The van der Waals surface area contributed by atoms with Gasteiger partial charge in [0.15, 0.2) is 17.1 Å². The van der Waals surface area contributed by atoms with Crippen LogP contribution in [-0.2, 0) is 0 Å². The van der Waals surface area contributed by atoms with E-state index in [4.69, 9.17) is 21.1 Å². The van der Waals surface area contributed by atoms with Gasteiger partial charge >= 0.3 is 0 Å². The molecule has 4 rings (SSSR count). The van der Waals surface area contributed by atoms with E-state index in [1.807, 2.05) is 0 Å². The lowest BCUT2D eigenvalue weighted by Crippen LogP contribution is -2.11. The van der Waals surface area contributed by atoms with E-state index in [9.17, 15) is 4.79 Å². The second kappa shape index (κ2) is 5.35. The van der Waals surface area contributed by atoms with Gasteiger partial charge in [-0.1, -0.05) is 11.6 Å². The average Bonchev–Trinajstić information content (AvgIpc) is 2.60. The van der Waals surface area contributed by atoms with E-state index in [1.165, 1.54) is 0 Å². The van der Waals surface area contributed by atoms with Crippen molar-refractivity contribution in [2.24, 2.45) is 0 Å². The molecule has 0 N–H and O–H groups in total. The van der Waals surface area contributed by atoms with Crippen LogP contribution >= 0.6 is 11.6 Å². The highest BCUT2D eigenvalue weighted by atomic mass is 35.5. The minimum absolute atomic E-state index is 0.338. The molecule has 2 heterocycles. The number of aromatic nitrogens is 3. The Kier molecular flexibility index (Phi) is 3.28. The zero-order valence-corrected chi connectivity index (χ0v) is 13.7. The van der Waals surface area contributed by atoms with Crippen LogP contribution in [0.15, 0.2) is 41.5 Å². The Morgan fingerprint density at radius 3 is 2.54 bits per heavy atom. The fourth-order valence-electron chi connectivity index (χ4n) is 2.79. The molecule has 0 unspecified atom stereocenters. The molecule has 0 saturated carbocycles. The molecule has 0 aliphatic heterocycles. The van der Waals surface area contributed by atoms with Crippen LogP contribution < -0.4 is 15.0 Å². The molecule has 0 saturated heterocycles. The Morgan fingerprint density at radius 1 is 1.04 bits per heavy atom. The fraction of sp³-hybridized carbons (Fsp3) is 0.118. The molecule has 0 aliphatic carbocycles. The first-order chi connectivity index (χ1) is 11.6. The highest BCUT2D eigenvalue weighted by Crippen LogP contribution is 2.32. The second-order valence-electron chi connectivity index (χ2n) is 5.24. The standard InChI is InChI=1S/C17H12ClN3O3/c1-23-14-6-10-12(7-15(14)24-2)19-8-21-13-4-3-9(18)5-11(13)17(22)20-16(10)21/h3-8H,1-2H3. The molecule has 24 heavy (non-hydrogen) atoms. The van der Waals surface area contributed by atoms with Crippen LogP contribution in [-0.4, -0.2) is 28.6 Å². The molecular weight excluding hydrogens is 330 g/mol. The third-order valence-corrected chi connectivity index (χ3v) is 4.17. The van der Waals surface area contributed by atoms with Crippen molar-refractivity contribution in [3.8, 4) is 11.5 Å². The summed E-state index contributed by atoms with van der Waals surface area (Å²) in [6.45, 7) is 0. The van der Waals surface area contributed by atoms with E-state index in [-0.39, 0.29) is 5.56 Å². The van der Waals surface area contributed by atoms with Crippen molar-refractivity contribution < 1.29 is 9.47 Å². The van der Waals surface area contributed by atoms with Gasteiger partial charge in [-0.15, -0.1) is 0 Å². The minimum atomic E-state index is -0.338. The summed E-state index contributed by atoms with van der Waals surface area (Å²) < 4.78 is 12.4. The van der Waals surface area contributed by atoms with Crippen molar-refractivity contribution in [3.05, 3.63) is 52.0 Å². The van der Waals surface area contributed by atoms with E-state index in [1.54, 1.807) is 55.3 Å². The summed E-state index contributed by atoms with van der Waals surface area (Å²) >= 11 is 5.99. The predicted octanol–water partition coefficient (Wildman–Crippen LogP) is 3.07. The number of hydrogen-bond acceptors (Lipinski definition) is 5. The topological polar surface area (TPSA) is 65.7 Å². The van der Waals surface area contributed by atoms with E-state index < -0.39 is 0 Å². The summed E-state index contributed by atoms with van der Waals surface area (Å²) in [5, 5.41) is 1.63. The van der Waals surface area contributed by atoms with Crippen molar-refractivity contribution in [2.75, 3.05) is 14.2 Å². The van der Waals surface area contributed by atoms with Crippen LogP contribution in [0.25, 0.3) is 27.5 Å². The second-order valence-corrected chi connectivity index (χ2v) is 5.68. The monoisotopic (exact) mass is 341 g/mol. The van der Waals surface area contributed by atoms with Gasteiger partial charge < -0.3 is 9.47 Å². The highest BCUT2D eigenvalue weighted by molar-refractivity contribution is 6.31. The molecule has 0 spiro atoms. The SMILES string of the molecule is COc1cc2ncn3c4ccc(Cl)cc4c(=O)nc3c2cc1OC. The Balaban J connectivity index is 2.20. The molecule has 0 amide bonds. The molecule has 0 aliphatic rings. The van der Waals surface area contributed by atoms with Crippen molar-refractivity contribution in [2.45, 2.75) is 0 Å². The summed E-state index contributed by atoms with van der Waals surface area (Å²) in [6.07, 6.45) is 1.63. The summed E-state index contributed by atoms with van der Waals surface area (Å²) in [4.78, 5) is 21.1. The lowest BCUT2D eigenvalue weighted by atomic mass is 10.2. The molecular formula is C17H12ClN3O3. The van der Waals surface area contributed by atoms with Crippen molar-refractivity contribution in [1.29, 1.82) is 0 Å². The van der Waals surface area contributed by atoms with E-state index in [0.717, 1.165) is 0 Å². The van der Waals surface area contributed by atoms with Crippen LogP contribution in [0.1, 0.15) is 0 Å². The van der Waals surface area contributed by atoms with Gasteiger partial charge in [0.1, 0.15) is 6.33 Å². The quantitative estimate of drug-likeness (QED) is 0.524. The number of nitrogens with zero attached hydrogens (tertiary/aromatic N) is 3. The fourth-order valence-corrected chi connectivity index (χ4v) is 2.97. The van der Waals surface area contributed by atoms with Crippen LogP contribution in [0.4, 0.5) is 0 Å². The number of hydrogen-bond donors (Lipinski definition) is 0. The van der Waals surface area contributed by atoms with Gasteiger partial charge in [-0.3, -0.25) is 9.20 Å². The Hall–Kier alpha value is -2.86. The van der Waals surface area contributed by atoms with Gasteiger partial charge in [-0.25, -0.2) is 4.98 Å². The molecule has 2 aromatic carbocycles. The first-order valence-corrected chi connectivity index (χ1v) is 7.52. The van der Waals surface area contributed by atoms with Gasteiger partial charge in [0.05, 0.1) is 30.6 Å². The van der Waals surface area contributed by atoms with E-state index in [2.05, 4.69) is 9.97 Å². The summed E-state index contributed by atoms with van der Waals surface area (Å²) in [5.74, 6) is 1.11. The maximum Gasteiger partial charge on any atom is 0.281 e. The number of rotatable bonds is 2. The van der Waals surface area contributed by atoms with Crippen LogP contribution in [0.2, 0.25) is 5.02 Å². The van der Waals surface area contributed by atoms with E-state index in [0.29, 0.717) is 44.0 Å². The van der Waals surface area contributed by atoms with Crippen molar-refractivity contribution in [3.63, 3.8) is 0 Å². The summed E-state index contributed by atoms with van der Waals surface area (Å²) in [5.41, 5.74) is 1.52. The molecule has 0 bridgehead atoms. The highest BCUT2D eigenvalue weighted by Gasteiger charge is 2.13. The lowest BCUT2D eigenvalue weighted by Gasteiger charge is -2.11. The first kappa shape index (κ1) is 14.7. The number of benzene rings is 2. The Bertz CT molecular complexity index is 1170. The van der Waals surface area contributed by atoms with Crippen LogP contribution in [0.5, 0.6) is 11.5 Å². The minimum Gasteiger partial charge on any atom is -0.493 e. The summed E-state index contributed by atoms with van der Waals surface area (Å²) in [6, 6.07) is 8.64. The molecule has 4 aromatic rings. The third kappa shape index (κ3) is 2.07. The maximum atomic E-state index is 12.4. The number of halogens is 1. The molecule has 0 radical (unpaired) electrons. The maximum absolute atomic E-state index is 12.4. The molecule has 120 valence electrons. The van der Waals surface area contributed by atoms with Gasteiger partial charge in [-0.2, -0.15) is 4.98 Å². The predicted molar refractivity (Wildman–Crippen MR) is 92.4 cm³/mol. The van der Waals surface area contributed by atoms with Crippen LogP contribution in [0, 0.1) is 0 Å². The average molecular weight is 342 g/mol. The molecule has 2 aromatic heterocycles. The van der Waals surface area contributed by atoms with Gasteiger partial charge in [0, 0.05) is 16.5 Å². The molecule has 6 nitrogen and oxygen atoms in total. The molecule has 0 fully saturated rings. The number of fused-ring (bicyclic) bond motifs is 5. The molecule has 0 atom stereocenters. The van der Waals surface area contributed by atoms with Crippen molar-refractivity contribution >= 4 is 39.1 Å². The Labute approximate surface area is 141 Å². The van der Waals surface area contributed by atoms with E-state index >= 15 is 0 Å². The zero-order valence-electron chi connectivity index (χ0n) is 12.9. The smallest absolute Gasteiger partial charge is 0.281 e. The number of ether oxygens (including phenoxy) is 2. The Morgan fingerprint density at radius 2 is 1.79 bits per heavy atom.